The number of rotatable bonds is 6. The highest BCUT2D eigenvalue weighted by atomic mass is 16.3. The molecule has 0 saturated carbocycles. The number of fused-ring (bicyclic) bond motifs is 9. The van der Waals surface area contributed by atoms with E-state index in [9.17, 15) is 0 Å². The van der Waals surface area contributed by atoms with E-state index >= 15 is 0 Å². The Morgan fingerprint density at radius 1 is 0.379 bits per heavy atom. The Morgan fingerprint density at radius 3 is 1.86 bits per heavy atom. The molecule has 0 radical (unpaired) electrons. The first-order valence-electron chi connectivity index (χ1n) is 19.5. The van der Waals surface area contributed by atoms with Crippen molar-refractivity contribution in [3.05, 3.63) is 193 Å². The van der Waals surface area contributed by atoms with Gasteiger partial charge in [-0.25, -0.2) is 15.0 Å². The Kier molecular flexibility index (Phi) is 7.19. The van der Waals surface area contributed by atoms with Crippen LogP contribution in [0, 0.1) is 0 Å². The molecule has 0 amide bonds. The Labute approximate surface area is 332 Å². The summed E-state index contributed by atoms with van der Waals surface area (Å²) in [6.45, 7) is 0. The highest BCUT2D eigenvalue weighted by Gasteiger charge is 2.18. The molecule has 4 aromatic heterocycles. The van der Waals surface area contributed by atoms with E-state index in [1.165, 1.54) is 21.8 Å². The molecule has 0 saturated heterocycles. The lowest BCUT2D eigenvalue weighted by Crippen LogP contribution is -2.04. The molecule has 0 aliphatic heterocycles. The fourth-order valence-electron chi connectivity index (χ4n) is 8.61. The van der Waals surface area contributed by atoms with Gasteiger partial charge in [-0.05, 0) is 83.4 Å². The van der Waals surface area contributed by atoms with Crippen LogP contribution in [0.1, 0.15) is 11.4 Å². The number of hydrogen-bond acceptors (Lipinski definition) is 5. The summed E-state index contributed by atoms with van der Waals surface area (Å²) < 4.78 is 15.1. The van der Waals surface area contributed by atoms with E-state index in [-0.39, 0.29) is 0 Å². The number of nitrogens with zero attached hydrogens (tertiary/aromatic N) is 4. The fourth-order valence-corrected chi connectivity index (χ4v) is 8.61. The van der Waals surface area contributed by atoms with Crippen LogP contribution in [0.15, 0.2) is 191 Å². The van der Waals surface area contributed by atoms with Crippen LogP contribution in [-0.4, -0.2) is 19.5 Å². The summed E-state index contributed by atoms with van der Waals surface area (Å²) in [5, 5.41) is 6.72. The first kappa shape index (κ1) is 32.4. The Bertz CT molecular complexity index is 3540. The van der Waals surface area contributed by atoms with Gasteiger partial charge >= 0.3 is 0 Å². The van der Waals surface area contributed by atoms with Gasteiger partial charge in [0.1, 0.15) is 28.2 Å². The van der Waals surface area contributed by atoms with Gasteiger partial charge in [0.15, 0.2) is 11.6 Å². The molecule has 58 heavy (non-hydrogen) atoms. The lowest BCUT2D eigenvalue weighted by molar-refractivity contribution is 0.668. The monoisotopic (exact) mass is 744 g/mol. The quantitative estimate of drug-likeness (QED) is 0.170. The van der Waals surface area contributed by atoms with Gasteiger partial charge in [-0.3, -0.25) is 0 Å². The lowest BCUT2D eigenvalue weighted by atomic mass is 9.98. The summed E-state index contributed by atoms with van der Waals surface area (Å²) in [5.74, 6) is 1.90. The largest absolute Gasteiger partial charge is 0.456 e. The van der Waals surface area contributed by atoms with Gasteiger partial charge in [-0.2, -0.15) is 0 Å². The molecule has 12 aromatic rings. The molecule has 0 spiro atoms. The first-order valence-corrected chi connectivity index (χ1v) is 19.5. The van der Waals surface area contributed by atoms with Gasteiger partial charge in [0, 0.05) is 55.6 Å². The number of aromatic nitrogens is 4. The Hall–Kier alpha value is -7.83. The molecule has 0 bridgehead atoms. The molecule has 0 atom stereocenters. The van der Waals surface area contributed by atoms with E-state index in [0.29, 0.717) is 23.9 Å². The highest BCUT2D eigenvalue weighted by molar-refractivity contribution is 6.12. The zero-order valence-electron chi connectivity index (χ0n) is 31.1. The first-order chi connectivity index (χ1) is 28.7. The third kappa shape index (κ3) is 5.23. The number of para-hydroxylation sites is 3. The standard InChI is InChI=1S/C52H32N4O2/c1-3-12-32(13-4-1)51-53-49(54-52(55-51)36-22-25-40-39-18-8-10-20-45(39)58-48(40)30-36)31-35-14-11-21-47-50(35)42-29-34(24-27-46(42)57-47)33-23-26-44-41(28-33)38-17-7-9-19-43(38)56(44)37-15-5-2-6-16-37/h1-30H,31H2. The molecule has 6 nitrogen and oxygen atoms in total. The van der Waals surface area contributed by atoms with Gasteiger partial charge in [0.2, 0.25) is 0 Å². The summed E-state index contributed by atoms with van der Waals surface area (Å²) in [7, 11) is 0. The minimum absolute atomic E-state index is 0.489. The van der Waals surface area contributed by atoms with Crippen LogP contribution in [0.4, 0.5) is 0 Å². The normalized spacial score (nSPS) is 11.9. The van der Waals surface area contributed by atoms with E-state index in [4.69, 9.17) is 23.8 Å². The molecule has 6 heteroatoms. The van der Waals surface area contributed by atoms with Gasteiger partial charge in [0.25, 0.3) is 0 Å². The van der Waals surface area contributed by atoms with Crippen LogP contribution in [0.25, 0.3) is 105 Å². The van der Waals surface area contributed by atoms with Crippen LogP contribution < -0.4 is 0 Å². The maximum Gasteiger partial charge on any atom is 0.163 e. The second kappa shape index (κ2) is 12.9. The highest BCUT2D eigenvalue weighted by Crippen LogP contribution is 2.39. The molecule has 272 valence electrons. The maximum atomic E-state index is 6.49. The number of furan rings is 2. The van der Waals surface area contributed by atoms with Crippen molar-refractivity contribution >= 4 is 65.7 Å². The van der Waals surface area contributed by atoms with E-state index in [2.05, 4.69) is 120 Å². The minimum atomic E-state index is 0.489. The van der Waals surface area contributed by atoms with Crippen molar-refractivity contribution < 1.29 is 8.83 Å². The summed E-state index contributed by atoms with van der Waals surface area (Å²) in [5.41, 5.74) is 12.0. The molecular weight excluding hydrogens is 713 g/mol. The molecule has 8 aromatic carbocycles. The molecule has 12 rings (SSSR count). The van der Waals surface area contributed by atoms with Gasteiger partial charge in [-0.1, -0.05) is 115 Å². The Balaban J connectivity index is 0.976. The average molecular weight is 745 g/mol. The van der Waals surface area contributed by atoms with Crippen molar-refractivity contribution in [3.8, 4) is 39.6 Å². The molecule has 0 unspecified atom stereocenters. The molecule has 0 N–H and O–H groups in total. The predicted octanol–water partition coefficient (Wildman–Crippen LogP) is 13.4. The van der Waals surface area contributed by atoms with E-state index in [1.807, 2.05) is 66.7 Å². The predicted molar refractivity (Wildman–Crippen MR) is 234 cm³/mol. The van der Waals surface area contributed by atoms with Crippen molar-refractivity contribution in [3.63, 3.8) is 0 Å². The fraction of sp³-hybridized carbons (Fsp3) is 0.0192. The van der Waals surface area contributed by atoms with Crippen LogP contribution in [0.2, 0.25) is 0 Å². The molecule has 0 fully saturated rings. The number of hydrogen-bond donors (Lipinski definition) is 0. The van der Waals surface area contributed by atoms with Crippen molar-refractivity contribution in [1.29, 1.82) is 0 Å². The van der Waals surface area contributed by atoms with Crippen LogP contribution in [-0.2, 0) is 6.42 Å². The van der Waals surface area contributed by atoms with Gasteiger partial charge in [-0.15, -0.1) is 0 Å². The van der Waals surface area contributed by atoms with Gasteiger partial charge < -0.3 is 13.4 Å². The second-order valence-electron chi connectivity index (χ2n) is 14.8. The van der Waals surface area contributed by atoms with Crippen molar-refractivity contribution in [2.45, 2.75) is 6.42 Å². The Morgan fingerprint density at radius 2 is 1.00 bits per heavy atom. The summed E-state index contributed by atoms with van der Waals surface area (Å²) in [6, 6.07) is 63.2. The smallest absolute Gasteiger partial charge is 0.163 e. The average Bonchev–Trinajstić information content (AvgIpc) is 3.96. The zero-order chi connectivity index (χ0) is 38.2. The van der Waals surface area contributed by atoms with Crippen molar-refractivity contribution in [1.82, 2.24) is 19.5 Å². The van der Waals surface area contributed by atoms with Crippen molar-refractivity contribution in [2.24, 2.45) is 0 Å². The summed E-state index contributed by atoms with van der Waals surface area (Å²) in [6.07, 6.45) is 0.489. The van der Waals surface area contributed by atoms with Crippen LogP contribution in [0.3, 0.4) is 0 Å². The minimum Gasteiger partial charge on any atom is -0.456 e. The summed E-state index contributed by atoms with van der Waals surface area (Å²) in [4.78, 5) is 15.2. The molecule has 0 aliphatic carbocycles. The maximum absolute atomic E-state index is 6.49. The van der Waals surface area contributed by atoms with Crippen LogP contribution >= 0.6 is 0 Å². The molecular formula is C52H32N4O2. The molecule has 0 aliphatic rings. The topological polar surface area (TPSA) is 69.9 Å². The van der Waals surface area contributed by atoms with Crippen LogP contribution in [0.5, 0.6) is 0 Å². The SMILES string of the molecule is c1ccc(-c2nc(Cc3cccc4oc5ccc(-c6ccc7c(c6)c6ccccc6n7-c6ccccc6)cc5c34)nc(-c3ccc4c(c3)oc3ccccc34)n2)cc1. The number of benzene rings is 8. The van der Waals surface area contributed by atoms with E-state index < -0.39 is 0 Å². The lowest BCUT2D eigenvalue weighted by Gasteiger charge is -2.09. The summed E-state index contributed by atoms with van der Waals surface area (Å²) >= 11 is 0. The van der Waals surface area contributed by atoms with Gasteiger partial charge in [0.05, 0.1) is 11.0 Å². The zero-order valence-corrected chi connectivity index (χ0v) is 31.1. The third-order valence-electron chi connectivity index (χ3n) is 11.3. The molecule has 4 heterocycles. The third-order valence-corrected chi connectivity index (χ3v) is 11.3. The van der Waals surface area contributed by atoms with E-state index in [1.54, 1.807) is 0 Å². The van der Waals surface area contributed by atoms with E-state index in [0.717, 1.165) is 77.4 Å². The van der Waals surface area contributed by atoms with Crippen molar-refractivity contribution in [2.75, 3.05) is 0 Å². The second-order valence-corrected chi connectivity index (χ2v) is 14.8.